The molecule has 4 saturated heterocycles. The van der Waals surface area contributed by atoms with Crippen LogP contribution in [0.15, 0.2) is 60.7 Å². The van der Waals surface area contributed by atoms with Crippen LogP contribution in [0.25, 0.3) is 0 Å². The Kier molecular flexibility index (Phi) is 24.6. The summed E-state index contributed by atoms with van der Waals surface area (Å²) in [4.78, 5) is 119. The van der Waals surface area contributed by atoms with Crippen LogP contribution < -0.4 is 10.6 Å². The Labute approximate surface area is 455 Å². The van der Waals surface area contributed by atoms with Crippen LogP contribution in [0.1, 0.15) is 142 Å². The van der Waals surface area contributed by atoms with Gasteiger partial charge in [0.05, 0.1) is 20.2 Å². The van der Waals surface area contributed by atoms with E-state index in [-0.39, 0.29) is 81.9 Å². The number of likely N-dealkylation sites (N-methyl/N-ethyl adjacent to an activating group) is 2. The zero-order valence-corrected chi connectivity index (χ0v) is 47.4. The van der Waals surface area contributed by atoms with Gasteiger partial charge in [0.1, 0.15) is 24.0 Å². The van der Waals surface area contributed by atoms with Gasteiger partial charge in [0.2, 0.25) is 17.6 Å². The average Bonchev–Trinajstić information content (AvgIpc) is 4.23. The summed E-state index contributed by atoms with van der Waals surface area (Å²) >= 11 is 7.78. The van der Waals surface area contributed by atoms with E-state index in [2.05, 4.69) is 34.3 Å². The average molecular weight is 1100 g/mol. The van der Waals surface area contributed by atoms with Crippen LogP contribution in [-0.2, 0) is 43.2 Å². The predicted octanol–water partition coefficient (Wildman–Crippen LogP) is 7.79. The fourth-order valence-electron chi connectivity index (χ4n) is 10.5. The molecule has 4 aliphatic rings. The highest BCUT2D eigenvalue weighted by Gasteiger charge is 2.50. The highest BCUT2D eigenvalue weighted by molar-refractivity contribution is 8.21. The first kappa shape index (κ1) is 61.2. The Bertz CT molecular complexity index is 2260. The van der Waals surface area contributed by atoms with Gasteiger partial charge in [0.15, 0.2) is 28.9 Å². The Hall–Kier alpha value is -3.65. The Morgan fingerprint density at radius 2 is 1.01 bits per heavy atom. The third-order valence-electron chi connectivity index (χ3n) is 14.5. The molecule has 3 unspecified atom stereocenters. The molecule has 14 nitrogen and oxygen atoms in total. The normalized spacial score (nSPS) is 21.0. The quantitative estimate of drug-likeness (QED) is 0.0696. The van der Waals surface area contributed by atoms with Gasteiger partial charge in [-0.25, -0.2) is 0 Å². The monoisotopic (exact) mass is 1090 g/mol. The van der Waals surface area contributed by atoms with Crippen molar-refractivity contribution in [1.82, 2.24) is 20.4 Å². The summed E-state index contributed by atoms with van der Waals surface area (Å²) in [6.45, 7) is 14.2. The minimum atomic E-state index is -1.28. The summed E-state index contributed by atoms with van der Waals surface area (Å²) in [6, 6.07) is 15.9. The van der Waals surface area contributed by atoms with E-state index in [1.807, 2.05) is 73.0 Å². The highest BCUT2D eigenvalue weighted by Crippen LogP contribution is 2.53. The second-order valence-corrected chi connectivity index (χ2v) is 26.3. The van der Waals surface area contributed by atoms with Crippen molar-refractivity contribution in [2.75, 3.05) is 49.2 Å². The second-order valence-electron chi connectivity index (χ2n) is 19.9. The molecule has 0 saturated carbocycles. The molecular weight excluding hydrogens is 1020 g/mol. The first-order valence-corrected chi connectivity index (χ1v) is 30.4. The number of benzene rings is 2. The Morgan fingerprint density at radius 3 is 1.42 bits per heavy atom. The lowest BCUT2D eigenvalue weighted by molar-refractivity contribution is -0.141. The molecule has 406 valence electrons. The summed E-state index contributed by atoms with van der Waals surface area (Å²) in [5.41, 5.74) is 1.34. The van der Waals surface area contributed by atoms with Gasteiger partial charge < -0.3 is 15.7 Å². The van der Waals surface area contributed by atoms with Gasteiger partial charge in [0, 0.05) is 80.5 Å². The molecular formula is C56H78N4O10S4. The molecule has 2 spiro atoms. The molecule has 4 heterocycles. The van der Waals surface area contributed by atoms with Crippen LogP contribution in [0.5, 0.6) is 0 Å². The molecule has 3 N–H and O–H groups in total. The highest BCUT2D eigenvalue weighted by atomic mass is 32.2. The molecule has 7 atom stereocenters. The topological polar surface area (TPSA) is 204 Å². The van der Waals surface area contributed by atoms with E-state index in [0.717, 1.165) is 68.5 Å². The van der Waals surface area contributed by atoms with Gasteiger partial charge in [-0.05, 0) is 69.7 Å². The summed E-state index contributed by atoms with van der Waals surface area (Å²) in [5, 5.41) is 16.3. The van der Waals surface area contributed by atoms with Gasteiger partial charge in [-0.3, -0.25) is 53.0 Å². The molecule has 4 aliphatic heterocycles. The molecule has 18 heteroatoms. The number of hydrogen-bond donors (Lipinski definition) is 3. The first-order valence-electron chi connectivity index (χ1n) is 26.5. The number of aliphatic hydroxyl groups excluding tert-OH is 1. The third-order valence-corrected chi connectivity index (χ3v) is 21.3. The molecule has 74 heavy (non-hydrogen) atoms. The number of amides is 2. The molecule has 0 bridgehead atoms. The van der Waals surface area contributed by atoms with E-state index in [9.17, 15) is 48.3 Å². The van der Waals surface area contributed by atoms with Gasteiger partial charge in [-0.2, -0.15) is 0 Å². The number of carbonyl (C=O) groups is 9. The van der Waals surface area contributed by atoms with Gasteiger partial charge in [-0.1, -0.05) is 101 Å². The molecule has 0 radical (unpaired) electrons. The minimum absolute atomic E-state index is 0.0383. The summed E-state index contributed by atoms with van der Waals surface area (Å²) in [6.07, 6.45) is 2.35. The maximum Gasteiger partial charge on any atom is 0.221 e. The van der Waals surface area contributed by atoms with Gasteiger partial charge >= 0.3 is 0 Å². The third kappa shape index (κ3) is 17.2. The molecule has 2 aromatic rings. The Balaban J connectivity index is 0.000000274. The zero-order chi connectivity index (χ0) is 54.0. The van der Waals surface area contributed by atoms with E-state index in [4.69, 9.17) is 0 Å². The van der Waals surface area contributed by atoms with Crippen LogP contribution in [0.2, 0.25) is 0 Å². The molecule has 0 aromatic heterocycles. The molecule has 4 fully saturated rings. The number of carbonyl (C=O) groups excluding carboxylic acids is 9. The molecule has 2 amide bonds. The number of rotatable bonds is 28. The molecule has 0 aliphatic carbocycles. The summed E-state index contributed by atoms with van der Waals surface area (Å²) < 4.78 is 0.164. The van der Waals surface area contributed by atoms with Crippen molar-refractivity contribution in [3.63, 3.8) is 0 Å². The van der Waals surface area contributed by atoms with Crippen LogP contribution in [0.4, 0.5) is 0 Å². The van der Waals surface area contributed by atoms with Crippen molar-refractivity contribution in [2.45, 2.75) is 157 Å². The van der Waals surface area contributed by atoms with Crippen LogP contribution in [0.3, 0.4) is 0 Å². The number of ketones is 7. The fourth-order valence-corrected chi connectivity index (χ4v) is 17.2. The van der Waals surface area contributed by atoms with E-state index in [1.54, 1.807) is 48.5 Å². The number of Topliss-reactive ketones (excluding diaryl/α,β-unsaturated/α-hetero) is 7. The lowest BCUT2D eigenvalue weighted by Gasteiger charge is -2.26. The number of thioether (sulfide) groups is 4. The maximum absolute atomic E-state index is 13.4. The van der Waals surface area contributed by atoms with Gasteiger partial charge in [-0.15, -0.1) is 47.0 Å². The van der Waals surface area contributed by atoms with E-state index < -0.39 is 59.2 Å². The fraction of sp³-hybridized carbons (Fsp3) is 0.625. The van der Waals surface area contributed by atoms with Crippen LogP contribution in [-0.4, -0.2) is 143 Å². The minimum Gasteiger partial charge on any atom is -0.385 e. The predicted molar refractivity (Wildman–Crippen MR) is 298 cm³/mol. The Morgan fingerprint density at radius 1 is 0.595 bits per heavy atom. The van der Waals surface area contributed by atoms with Crippen LogP contribution >= 0.6 is 47.0 Å². The standard InChI is InChI=1S/C28H40N2O5S2.C28H38N2O5S2/c2*1-4-9-21(16-24(33)22-17-28(18-30(22)5-2)36-14-15-37-28)27(35)23(32)12-13-25(34)29-26(19(3)31)20-10-7-6-8-11-20/h6-8,10-11,21-22,26-27,35H,4-5,9,12-18H2,1-3H3,(H,29,34);6-8,10-11,21-22,26H,4-5,9,12-18H2,1-3H3,(H,29,34)/t21?,22-,26+,27?;21?,22-,26+/m00/s1. The van der Waals surface area contributed by atoms with Crippen molar-refractivity contribution >= 4 is 99.3 Å². The SMILES string of the molecule is CCCC(CC(=O)[C@@H]1CC2(CN1CC)SCCS2)C(=O)C(=O)CCC(=O)N[C@H](C(C)=O)c1ccccc1.CCCC(CC(=O)[C@@H]1CC2(CN1CC)SCCS2)C(O)C(=O)CCC(=O)N[C@H](C(C)=O)c1ccccc1. The van der Waals surface area contributed by atoms with Crippen molar-refractivity contribution in [2.24, 2.45) is 11.8 Å². The number of aliphatic hydroxyl groups is 1. The number of nitrogens with one attached hydrogen (secondary N) is 2. The lowest BCUT2D eigenvalue weighted by Crippen LogP contribution is -2.39. The van der Waals surface area contributed by atoms with Gasteiger partial charge in [0.25, 0.3) is 0 Å². The summed E-state index contributed by atoms with van der Waals surface area (Å²) in [5.74, 6) is 0.530. The van der Waals surface area contributed by atoms with Crippen molar-refractivity contribution in [3.05, 3.63) is 71.8 Å². The maximum atomic E-state index is 13.4. The van der Waals surface area contributed by atoms with Crippen molar-refractivity contribution in [1.29, 1.82) is 0 Å². The largest absolute Gasteiger partial charge is 0.385 e. The van der Waals surface area contributed by atoms with E-state index in [0.29, 0.717) is 30.4 Å². The smallest absolute Gasteiger partial charge is 0.221 e. The van der Waals surface area contributed by atoms with Crippen LogP contribution in [0, 0.1) is 11.8 Å². The molecule has 2 aromatic carbocycles. The first-order chi connectivity index (χ1) is 35.4. The zero-order valence-electron chi connectivity index (χ0n) is 44.1. The number of hydrogen-bond acceptors (Lipinski definition) is 16. The van der Waals surface area contributed by atoms with E-state index in [1.165, 1.54) is 13.8 Å². The van der Waals surface area contributed by atoms with Crippen molar-refractivity contribution in [3.8, 4) is 0 Å². The lowest BCUT2D eigenvalue weighted by atomic mass is 9.86. The number of nitrogens with zero attached hydrogens (tertiary/aromatic N) is 2. The summed E-state index contributed by atoms with van der Waals surface area (Å²) in [7, 11) is 0. The second kappa shape index (κ2) is 29.8. The molecule has 6 rings (SSSR count). The number of likely N-dealkylation sites (tertiary alicyclic amines) is 2. The van der Waals surface area contributed by atoms with Crippen molar-refractivity contribution < 1.29 is 48.3 Å². The van der Waals surface area contributed by atoms with E-state index >= 15 is 0 Å².